The molecule has 0 aliphatic rings. The van der Waals surface area contributed by atoms with Crippen LogP contribution in [0.4, 0.5) is 0 Å². The van der Waals surface area contributed by atoms with Gasteiger partial charge in [-0.1, -0.05) is 20.8 Å². The monoisotopic (exact) mass is 210 g/mol. The zero-order chi connectivity index (χ0) is 11.5. The topological polar surface area (TPSA) is 55.9 Å². The van der Waals surface area contributed by atoms with E-state index in [4.69, 9.17) is 5.84 Å². The summed E-state index contributed by atoms with van der Waals surface area (Å²) in [7, 11) is 2.02. The van der Waals surface area contributed by atoms with Gasteiger partial charge in [-0.05, 0) is 11.8 Å². The minimum atomic E-state index is 0.180. The van der Waals surface area contributed by atoms with Gasteiger partial charge in [0.05, 0.1) is 0 Å². The summed E-state index contributed by atoms with van der Waals surface area (Å²) >= 11 is 0. The Labute approximate surface area is 91.8 Å². The van der Waals surface area contributed by atoms with Crippen molar-refractivity contribution in [3.8, 4) is 0 Å². The lowest BCUT2D eigenvalue weighted by molar-refractivity contribution is 0.256. The first-order valence-electron chi connectivity index (χ1n) is 5.37. The number of hydrogen-bond donors (Lipinski definition) is 2. The molecule has 86 valence electrons. The number of nitrogens with two attached hydrogens (primary N) is 1. The Balaban J connectivity index is 2.52. The highest BCUT2D eigenvalue weighted by molar-refractivity contribution is 4.93. The van der Waals surface area contributed by atoms with E-state index in [2.05, 4.69) is 35.7 Å². The zero-order valence-electron chi connectivity index (χ0n) is 10.1. The molecule has 3 N–H and O–H groups in total. The van der Waals surface area contributed by atoms with E-state index in [0.29, 0.717) is 6.04 Å². The van der Waals surface area contributed by atoms with Gasteiger partial charge in [0.25, 0.3) is 0 Å². The van der Waals surface area contributed by atoms with Crippen LogP contribution in [0.1, 0.15) is 33.0 Å². The van der Waals surface area contributed by atoms with E-state index in [0.717, 1.165) is 18.7 Å². The van der Waals surface area contributed by atoms with Gasteiger partial charge in [0.15, 0.2) is 0 Å². The van der Waals surface area contributed by atoms with Crippen LogP contribution in [0.2, 0.25) is 0 Å². The summed E-state index contributed by atoms with van der Waals surface area (Å²) in [4.78, 5) is 4.30. The lowest BCUT2D eigenvalue weighted by atomic mass is 9.84. The first-order chi connectivity index (χ1) is 6.95. The van der Waals surface area contributed by atoms with Crippen molar-refractivity contribution < 1.29 is 0 Å². The van der Waals surface area contributed by atoms with Gasteiger partial charge in [0.1, 0.15) is 5.82 Å². The van der Waals surface area contributed by atoms with E-state index in [1.165, 1.54) is 0 Å². The second-order valence-electron chi connectivity index (χ2n) is 5.08. The van der Waals surface area contributed by atoms with E-state index in [9.17, 15) is 0 Å². The Hall–Kier alpha value is -0.870. The number of hydrogen-bond acceptors (Lipinski definition) is 3. The van der Waals surface area contributed by atoms with Crippen LogP contribution in [0.15, 0.2) is 12.4 Å². The minimum Gasteiger partial charge on any atom is -0.338 e. The fourth-order valence-electron chi connectivity index (χ4n) is 1.68. The highest BCUT2D eigenvalue weighted by Crippen LogP contribution is 2.22. The van der Waals surface area contributed by atoms with E-state index in [1.54, 1.807) is 0 Å². The van der Waals surface area contributed by atoms with Gasteiger partial charge >= 0.3 is 0 Å². The van der Waals surface area contributed by atoms with Crippen LogP contribution >= 0.6 is 0 Å². The Morgan fingerprint density at radius 2 is 2.20 bits per heavy atom. The zero-order valence-corrected chi connectivity index (χ0v) is 10.1. The predicted octanol–water partition coefficient (Wildman–Crippen LogP) is 1.23. The third-order valence-corrected chi connectivity index (χ3v) is 2.82. The number of nitrogens with zero attached hydrogens (tertiary/aromatic N) is 2. The number of rotatable bonds is 4. The van der Waals surface area contributed by atoms with Gasteiger partial charge in [-0.2, -0.15) is 0 Å². The molecule has 0 saturated heterocycles. The Morgan fingerprint density at radius 1 is 1.53 bits per heavy atom. The minimum absolute atomic E-state index is 0.180. The molecule has 0 amide bonds. The van der Waals surface area contributed by atoms with E-state index < -0.39 is 0 Å². The molecule has 1 aromatic heterocycles. The molecular weight excluding hydrogens is 188 g/mol. The van der Waals surface area contributed by atoms with Crippen LogP contribution in [-0.4, -0.2) is 15.6 Å². The first-order valence-corrected chi connectivity index (χ1v) is 5.37. The van der Waals surface area contributed by atoms with Gasteiger partial charge in [-0.25, -0.2) is 4.98 Å². The van der Waals surface area contributed by atoms with Crippen LogP contribution < -0.4 is 11.3 Å². The molecule has 0 spiro atoms. The van der Waals surface area contributed by atoms with Gasteiger partial charge in [-0.3, -0.25) is 11.3 Å². The Kier molecular flexibility index (Phi) is 3.88. The van der Waals surface area contributed by atoms with Gasteiger partial charge in [-0.15, -0.1) is 0 Å². The maximum atomic E-state index is 5.56. The summed E-state index contributed by atoms with van der Waals surface area (Å²) in [5.74, 6) is 6.67. The molecular formula is C11H22N4. The van der Waals surface area contributed by atoms with Crippen molar-refractivity contribution >= 4 is 0 Å². The largest absolute Gasteiger partial charge is 0.338 e. The fourth-order valence-corrected chi connectivity index (χ4v) is 1.68. The number of hydrazine groups is 1. The number of aryl methyl sites for hydroxylation is 2. The maximum absolute atomic E-state index is 5.56. The summed E-state index contributed by atoms with van der Waals surface area (Å²) in [5, 5.41) is 0. The highest BCUT2D eigenvalue weighted by Gasteiger charge is 2.23. The molecule has 4 nitrogen and oxygen atoms in total. The van der Waals surface area contributed by atoms with Crippen LogP contribution in [-0.2, 0) is 13.5 Å². The average Bonchev–Trinajstić information content (AvgIpc) is 2.50. The molecule has 0 radical (unpaired) electrons. The molecule has 0 aliphatic heterocycles. The van der Waals surface area contributed by atoms with E-state index in [-0.39, 0.29) is 5.41 Å². The first kappa shape index (κ1) is 12.2. The molecule has 0 aliphatic carbocycles. The van der Waals surface area contributed by atoms with Gasteiger partial charge in [0.2, 0.25) is 0 Å². The number of imidazole rings is 1. The van der Waals surface area contributed by atoms with Crippen LogP contribution in [0.25, 0.3) is 0 Å². The Morgan fingerprint density at radius 3 is 2.60 bits per heavy atom. The fraction of sp³-hybridized carbons (Fsp3) is 0.727. The standard InChI is InChI=1S/C11H22N4/c1-11(2,3)9(14-12)5-6-10-13-7-8-15(10)4/h7-9,14H,5-6,12H2,1-4H3. The summed E-state index contributed by atoms with van der Waals surface area (Å²) < 4.78 is 2.05. The molecule has 0 bridgehead atoms. The summed E-state index contributed by atoms with van der Waals surface area (Å²) in [6.07, 6.45) is 5.76. The second-order valence-corrected chi connectivity index (χ2v) is 5.08. The van der Waals surface area contributed by atoms with Gasteiger partial charge in [0, 0.05) is 31.9 Å². The van der Waals surface area contributed by atoms with Crippen molar-refractivity contribution in [1.82, 2.24) is 15.0 Å². The molecule has 1 heterocycles. The predicted molar refractivity (Wildman–Crippen MR) is 62.1 cm³/mol. The smallest absolute Gasteiger partial charge is 0.108 e. The van der Waals surface area contributed by atoms with Crippen molar-refractivity contribution in [3.05, 3.63) is 18.2 Å². The van der Waals surface area contributed by atoms with E-state index >= 15 is 0 Å². The highest BCUT2D eigenvalue weighted by atomic mass is 15.2. The normalized spacial score (nSPS) is 14.2. The van der Waals surface area contributed by atoms with Gasteiger partial charge < -0.3 is 4.57 Å². The molecule has 0 aromatic carbocycles. The number of nitrogens with one attached hydrogen (secondary N) is 1. The second kappa shape index (κ2) is 4.77. The van der Waals surface area contributed by atoms with Crippen LogP contribution in [0.3, 0.4) is 0 Å². The van der Waals surface area contributed by atoms with Crippen LogP contribution in [0, 0.1) is 5.41 Å². The Bertz CT molecular complexity index is 298. The molecule has 1 atom stereocenters. The molecule has 0 saturated carbocycles. The summed E-state index contributed by atoms with van der Waals surface area (Å²) in [6, 6.07) is 0.314. The average molecular weight is 210 g/mol. The molecule has 1 unspecified atom stereocenters. The van der Waals surface area contributed by atoms with Crippen molar-refractivity contribution in [3.63, 3.8) is 0 Å². The maximum Gasteiger partial charge on any atom is 0.108 e. The van der Waals surface area contributed by atoms with Crippen molar-refractivity contribution in [2.24, 2.45) is 18.3 Å². The van der Waals surface area contributed by atoms with Crippen molar-refractivity contribution in [2.75, 3.05) is 0 Å². The SMILES string of the molecule is Cn1ccnc1CCC(NN)C(C)(C)C. The summed E-state index contributed by atoms with van der Waals surface area (Å²) in [5.41, 5.74) is 3.07. The molecule has 15 heavy (non-hydrogen) atoms. The van der Waals surface area contributed by atoms with Crippen molar-refractivity contribution in [2.45, 2.75) is 39.7 Å². The van der Waals surface area contributed by atoms with E-state index in [1.807, 2.05) is 19.4 Å². The molecule has 1 rings (SSSR count). The third kappa shape index (κ3) is 3.32. The summed E-state index contributed by atoms with van der Waals surface area (Å²) in [6.45, 7) is 6.57. The molecule has 4 heteroatoms. The number of aromatic nitrogens is 2. The molecule has 1 aromatic rings. The molecule has 0 fully saturated rings. The quantitative estimate of drug-likeness (QED) is 0.580. The lowest BCUT2D eigenvalue weighted by Gasteiger charge is -2.29. The third-order valence-electron chi connectivity index (χ3n) is 2.82. The lowest BCUT2D eigenvalue weighted by Crippen LogP contribution is -2.44. The van der Waals surface area contributed by atoms with Crippen LogP contribution in [0.5, 0.6) is 0 Å². The van der Waals surface area contributed by atoms with Crippen molar-refractivity contribution in [1.29, 1.82) is 0 Å².